The first-order chi connectivity index (χ1) is 5.02. The van der Waals surface area contributed by atoms with Crippen molar-refractivity contribution >= 4 is 0 Å². The Kier molecular flexibility index (Phi) is 2.55. The Labute approximate surface area is 69.5 Å². The van der Waals surface area contributed by atoms with Crippen LogP contribution in [-0.2, 0) is 4.74 Å². The van der Waals surface area contributed by atoms with Gasteiger partial charge in [-0.15, -0.1) is 0 Å². The van der Waals surface area contributed by atoms with E-state index in [2.05, 4.69) is 32.7 Å². The molecule has 1 aliphatic heterocycles. The molecule has 66 valence electrons. The third-order valence-corrected chi connectivity index (χ3v) is 2.15. The number of likely N-dealkylation sites (N-methyl/N-ethyl adjacent to an activating group) is 1. The zero-order valence-electron chi connectivity index (χ0n) is 8.05. The number of ether oxygens (including phenoxy) is 1. The Balaban J connectivity index is 2.42. The first-order valence-electron chi connectivity index (χ1n) is 4.38. The van der Waals surface area contributed by atoms with Gasteiger partial charge in [0.1, 0.15) is 0 Å². The third kappa shape index (κ3) is 2.46. The molecule has 0 aromatic carbocycles. The van der Waals surface area contributed by atoms with Gasteiger partial charge in [0.15, 0.2) is 0 Å². The van der Waals surface area contributed by atoms with E-state index in [1.54, 1.807) is 0 Å². The van der Waals surface area contributed by atoms with E-state index in [-0.39, 0.29) is 5.60 Å². The van der Waals surface area contributed by atoms with Crippen molar-refractivity contribution in [3.8, 4) is 0 Å². The highest BCUT2D eigenvalue weighted by Gasteiger charge is 2.33. The Morgan fingerprint density at radius 3 is 2.45 bits per heavy atom. The van der Waals surface area contributed by atoms with Crippen molar-refractivity contribution in [1.29, 1.82) is 0 Å². The highest BCUT2D eigenvalue weighted by molar-refractivity contribution is 4.86. The highest BCUT2D eigenvalue weighted by atomic mass is 16.5. The smallest absolute Gasteiger partial charge is 0.0796 e. The molecule has 1 atom stereocenters. The van der Waals surface area contributed by atoms with Gasteiger partial charge in [-0.05, 0) is 34.2 Å². The molecule has 0 aliphatic carbocycles. The van der Waals surface area contributed by atoms with Gasteiger partial charge in [0.05, 0.1) is 11.7 Å². The van der Waals surface area contributed by atoms with E-state index >= 15 is 0 Å². The summed E-state index contributed by atoms with van der Waals surface area (Å²) in [6, 6.07) is 0. The lowest BCUT2D eigenvalue weighted by Gasteiger charge is -2.26. The predicted molar refractivity (Wildman–Crippen MR) is 46.7 cm³/mol. The molecular formula is C9H19NO. The lowest BCUT2D eigenvalue weighted by atomic mass is 10.1. The second-order valence-electron chi connectivity index (χ2n) is 4.10. The van der Waals surface area contributed by atoms with Gasteiger partial charge in [0, 0.05) is 13.1 Å². The van der Waals surface area contributed by atoms with Crippen molar-refractivity contribution in [3.63, 3.8) is 0 Å². The monoisotopic (exact) mass is 157 g/mol. The zero-order valence-corrected chi connectivity index (χ0v) is 8.05. The van der Waals surface area contributed by atoms with E-state index in [0.717, 1.165) is 6.54 Å². The molecule has 2 heteroatoms. The van der Waals surface area contributed by atoms with Crippen LogP contribution in [0.25, 0.3) is 0 Å². The molecule has 2 nitrogen and oxygen atoms in total. The summed E-state index contributed by atoms with van der Waals surface area (Å²) in [6.07, 6.45) is 1.52. The quantitative estimate of drug-likeness (QED) is 0.602. The fraction of sp³-hybridized carbons (Fsp3) is 1.00. The molecule has 1 unspecified atom stereocenters. The van der Waals surface area contributed by atoms with Crippen molar-refractivity contribution in [2.75, 3.05) is 20.1 Å². The summed E-state index contributed by atoms with van der Waals surface area (Å²) < 4.78 is 5.83. The SMILES string of the molecule is CC(C)OC1(C)CCN(C)C1. The molecule has 0 radical (unpaired) electrons. The number of rotatable bonds is 2. The molecule has 0 saturated carbocycles. The van der Waals surface area contributed by atoms with E-state index < -0.39 is 0 Å². The second-order valence-corrected chi connectivity index (χ2v) is 4.10. The second kappa shape index (κ2) is 3.11. The summed E-state index contributed by atoms with van der Waals surface area (Å²) in [5, 5.41) is 0. The Hall–Kier alpha value is -0.0800. The van der Waals surface area contributed by atoms with Crippen LogP contribution < -0.4 is 0 Å². The van der Waals surface area contributed by atoms with Crippen molar-refractivity contribution in [2.24, 2.45) is 0 Å². The van der Waals surface area contributed by atoms with Crippen LogP contribution >= 0.6 is 0 Å². The molecule has 1 rings (SSSR count). The fourth-order valence-corrected chi connectivity index (χ4v) is 1.82. The largest absolute Gasteiger partial charge is 0.371 e. The van der Waals surface area contributed by atoms with Gasteiger partial charge in [0.25, 0.3) is 0 Å². The molecule has 0 amide bonds. The van der Waals surface area contributed by atoms with Crippen LogP contribution in [0.1, 0.15) is 27.2 Å². The van der Waals surface area contributed by atoms with Crippen LogP contribution in [-0.4, -0.2) is 36.7 Å². The maximum absolute atomic E-state index is 5.83. The van der Waals surface area contributed by atoms with E-state index in [1.165, 1.54) is 13.0 Å². The molecule has 1 fully saturated rings. The summed E-state index contributed by atoms with van der Waals surface area (Å²) in [6.45, 7) is 8.65. The average molecular weight is 157 g/mol. The van der Waals surface area contributed by atoms with Gasteiger partial charge in [-0.2, -0.15) is 0 Å². The normalized spacial score (nSPS) is 33.5. The lowest BCUT2D eigenvalue weighted by Crippen LogP contribution is -2.34. The van der Waals surface area contributed by atoms with Crippen LogP contribution in [0.15, 0.2) is 0 Å². The molecular weight excluding hydrogens is 138 g/mol. The van der Waals surface area contributed by atoms with Gasteiger partial charge >= 0.3 is 0 Å². The molecule has 1 saturated heterocycles. The Morgan fingerprint density at radius 2 is 2.09 bits per heavy atom. The highest BCUT2D eigenvalue weighted by Crippen LogP contribution is 2.24. The summed E-state index contributed by atoms with van der Waals surface area (Å²) in [4.78, 5) is 2.32. The van der Waals surface area contributed by atoms with E-state index in [4.69, 9.17) is 4.74 Å². The summed E-state index contributed by atoms with van der Waals surface area (Å²) in [5.74, 6) is 0. The van der Waals surface area contributed by atoms with Gasteiger partial charge in [-0.3, -0.25) is 0 Å². The maximum Gasteiger partial charge on any atom is 0.0796 e. The van der Waals surface area contributed by atoms with Crippen LogP contribution in [0, 0.1) is 0 Å². The molecule has 0 aromatic heterocycles. The minimum Gasteiger partial charge on any atom is -0.371 e. The van der Waals surface area contributed by atoms with Gasteiger partial charge in [-0.25, -0.2) is 0 Å². The van der Waals surface area contributed by atoms with Crippen LogP contribution in [0.2, 0.25) is 0 Å². The molecule has 0 bridgehead atoms. The maximum atomic E-state index is 5.83. The molecule has 1 heterocycles. The number of hydrogen-bond acceptors (Lipinski definition) is 2. The zero-order chi connectivity index (χ0) is 8.48. The summed E-state index contributed by atoms with van der Waals surface area (Å²) in [7, 11) is 2.15. The predicted octanol–water partition coefficient (Wildman–Crippen LogP) is 1.51. The van der Waals surface area contributed by atoms with Crippen LogP contribution in [0.5, 0.6) is 0 Å². The number of nitrogens with zero attached hydrogens (tertiary/aromatic N) is 1. The Morgan fingerprint density at radius 1 is 1.45 bits per heavy atom. The van der Waals surface area contributed by atoms with E-state index in [1.807, 2.05) is 0 Å². The van der Waals surface area contributed by atoms with Gasteiger partial charge < -0.3 is 9.64 Å². The van der Waals surface area contributed by atoms with Crippen molar-refractivity contribution in [1.82, 2.24) is 4.90 Å². The number of likely N-dealkylation sites (tertiary alicyclic amines) is 1. The summed E-state index contributed by atoms with van der Waals surface area (Å²) in [5.41, 5.74) is 0.114. The molecule has 0 aromatic rings. The van der Waals surface area contributed by atoms with Gasteiger partial charge in [0.2, 0.25) is 0 Å². The van der Waals surface area contributed by atoms with Crippen molar-refractivity contribution in [3.05, 3.63) is 0 Å². The third-order valence-electron chi connectivity index (χ3n) is 2.15. The Bertz CT molecular complexity index is 136. The van der Waals surface area contributed by atoms with E-state index in [0.29, 0.717) is 6.10 Å². The fourth-order valence-electron chi connectivity index (χ4n) is 1.82. The van der Waals surface area contributed by atoms with Crippen molar-refractivity contribution in [2.45, 2.75) is 38.9 Å². The molecule has 0 N–H and O–H groups in total. The first kappa shape index (κ1) is 9.01. The average Bonchev–Trinajstić information content (AvgIpc) is 2.08. The van der Waals surface area contributed by atoms with Gasteiger partial charge in [-0.1, -0.05) is 0 Å². The lowest BCUT2D eigenvalue weighted by molar-refractivity contribution is -0.0588. The van der Waals surface area contributed by atoms with Crippen LogP contribution in [0.4, 0.5) is 0 Å². The molecule has 11 heavy (non-hydrogen) atoms. The number of hydrogen-bond donors (Lipinski definition) is 0. The molecule has 0 spiro atoms. The summed E-state index contributed by atoms with van der Waals surface area (Å²) >= 11 is 0. The minimum absolute atomic E-state index is 0.114. The molecule has 1 aliphatic rings. The minimum atomic E-state index is 0.114. The van der Waals surface area contributed by atoms with Crippen LogP contribution in [0.3, 0.4) is 0 Å². The van der Waals surface area contributed by atoms with Crippen molar-refractivity contribution < 1.29 is 4.74 Å². The topological polar surface area (TPSA) is 12.5 Å². The van der Waals surface area contributed by atoms with E-state index in [9.17, 15) is 0 Å². The first-order valence-corrected chi connectivity index (χ1v) is 4.38. The standard InChI is InChI=1S/C9H19NO/c1-8(2)11-9(3)5-6-10(4)7-9/h8H,5-7H2,1-4H3.